The molecule has 0 bridgehead atoms. The number of benzene rings is 1. The van der Waals surface area contributed by atoms with E-state index in [9.17, 15) is 4.79 Å². The van der Waals surface area contributed by atoms with Crippen LogP contribution in [-0.4, -0.2) is 5.91 Å². The summed E-state index contributed by atoms with van der Waals surface area (Å²) in [4.78, 5) is 13.4. The molecule has 1 amide bonds. The maximum absolute atomic E-state index is 12.3. The van der Waals surface area contributed by atoms with Crippen LogP contribution in [0.3, 0.4) is 0 Å². The Morgan fingerprint density at radius 2 is 1.84 bits per heavy atom. The number of carbonyl (C=O) groups is 1. The van der Waals surface area contributed by atoms with Crippen molar-refractivity contribution >= 4 is 33.2 Å². The number of rotatable bonds is 3. The highest BCUT2D eigenvalue weighted by Gasteiger charge is 2.12. The fraction of sp³-hybridized carbons (Fsp3) is 0.267. The molecule has 0 radical (unpaired) electrons. The Hall–Kier alpha value is -1.13. The second-order valence-corrected chi connectivity index (χ2v) is 6.60. The van der Waals surface area contributed by atoms with Crippen LogP contribution in [0, 0.1) is 20.8 Å². The molecule has 0 atom stereocenters. The predicted molar refractivity (Wildman–Crippen MR) is 83.8 cm³/mol. The average Bonchev–Trinajstić information content (AvgIpc) is 2.71. The van der Waals surface area contributed by atoms with Gasteiger partial charge in [-0.1, -0.05) is 17.7 Å². The molecule has 0 aliphatic rings. The SMILES string of the molecule is Cc1cc(C)c(C(=O)NCc2cc(Br)cs2)c(C)c1. The van der Waals surface area contributed by atoms with Gasteiger partial charge >= 0.3 is 0 Å². The molecule has 1 N–H and O–H groups in total. The highest BCUT2D eigenvalue weighted by molar-refractivity contribution is 9.10. The van der Waals surface area contributed by atoms with E-state index in [2.05, 4.69) is 21.2 Å². The fourth-order valence-corrected chi connectivity index (χ4v) is 3.63. The van der Waals surface area contributed by atoms with Crippen molar-refractivity contribution in [3.05, 3.63) is 55.2 Å². The largest absolute Gasteiger partial charge is 0.347 e. The van der Waals surface area contributed by atoms with Crippen LogP contribution >= 0.6 is 27.3 Å². The van der Waals surface area contributed by atoms with E-state index in [0.717, 1.165) is 26.0 Å². The van der Waals surface area contributed by atoms with Crippen molar-refractivity contribution in [1.82, 2.24) is 5.32 Å². The highest BCUT2D eigenvalue weighted by atomic mass is 79.9. The number of hydrogen-bond acceptors (Lipinski definition) is 2. The van der Waals surface area contributed by atoms with Gasteiger partial charge in [0.25, 0.3) is 5.91 Å². The summed E-state index contributed by atoms with van der Waals surface area (Å²) >= 11 is 5.05. The van der Waals surface area contributed by atoms with Crippen LogP contribution in [0.25, 0.3) is 0 Å². The topological polar surface area (TPSA) is 29.1 Å². The van der Waals surface area contributed by atoms with E-state index >= 15 is 0 Å². The molecule has 0 spiro atoms. The molecule has 1 aromatic heterocycles. The van der Waals surface area contributed by atoms with Crippen molar-refractivity contribution in [2.75, 3.05) is 0 Å². The molecule has 1 aromatic carbocycles. The lowest BCUT2D eigenvalue weighted by molar-refractivity contribution is 0.0950. The summed E-state index contributed by atoms with van der Waals surface area (Å²) in [6.07, 6.45) is 0. The Labute approximate surface area is 126 Å². The third-order valence-electron chi connectivity index (χ3n) is 2.95. The third-order valence-corrected chi connectivity index (χ3v) is 4.65. The van der Waals surface area contributed by atoms with Crippen LogP contribution in [0.15, 0.2) is 28.1 Å². The monoisotopic (exact) mass is 337 g/mol. The molecule has 0 saturated carbocycles. The summed E-state index contributed by atoms with van der Waals surface area (Å²) in [6.45, 7) is 6.58. The Kier molecular flexibility index (Phi) is 4.42. The van der Waals surface area contributed by atoms with Gasteiger partial charge in [0.2, 0.25) is 0 Å². The van der Waals surface area contributed by atoms with Crippen molar-refractivity contribution in [1.29, 1.82) is 0 Å². The van der Waals surface area contributed by atoms with Gasteiger partial charge in [0.1, 0.15) is 0 Å². The second-order valence-electron chi connectivity index (χ2n) is 4.69. The zero-order chi connectivity index (χ0) is 14.0. The summed E-state index contributed by atoms with van der Waals surface area (Å²) in [5, 5.41) is 5.00. The molecule has 2 rings (SSSR count). The van der Waals surface area contributed by atoms with Gasteiger partial charge in [0.15, 0.2) is 0 Å². The van der Waals surface area contributed by atoms with Crippen LogP contribution in [0.5, 0.6) is 0 Å². The minimum Gasteiger partial charge on any atom is -0.347 e. The minimum absolute atomic E-state index is 0.000442. The van der Waals surface area contributed by atoms with Gasteiger partial charge in [0, 0.05) is 20.3 Å². The summed E-state index contributed by atoms with van der Waals surface area (Å²) in [5.74, 6) is -0.000442. The number of carbonyl (C=O) groups excluding carboxylic acids is 1. The molecule has 0 aliphatic heterocycles. The van der Waals surface area contributed by atoms with Crippen LogP contribution in [0.4, 0.5) is 0 Å². The first-order chi connectivity index (χ1) is 8.97. The van der Waals surface area contributed by atoms with E-state index in [-0.39, 0.29) is 5.91 Å². The summed E-state index contributed by atoms with van der Waals surface area (Å²) in [6, 6.07) is 6.12. The standard InChI is InChI=1S/C15H16BrNOS/c1-9-4-10(2)14(11(3)5-9)15(18)17-7-13-6-12(16)8-19-13/h4-6,8H,7H2,1-3H3,(H,17,18). The summed E-state index contributed by atoms with van der Waals surface area (Å²) in [7, 11) is 0. The number of halogens is 1. The van der Waals surface area contributed by atoms with Gasteiger partial charge in [0.05, 0.1) is 6.54 Å². The number of hydrogen-bond donors (Lipinski definition) is 1. The smallest absolute Gasteiger partial charge is 0.252 e. The first-order valence-corrected chi connectivity index (χ1v) is 7.73. The maximum atomic E-state index is 12.3. The minimum atomic E-state index is -0.000442. The van der Waals surface area contributed by atoms with E-state index in [4.69, 9.17) is 0 Å². The summed E-state index contributed by atoms with van der Waals surface area (Å²) < 4.78 is 1.06. The van der Waals surface area contributed by atoms with E-state index in [1.165, 1.54) is 5.56 Å². The third kappa shape index (κ3) is 3.45. The number of amides is 1. The van der Waals surface area contributed by atoms with E-state index in [1.807, 2.05) is 44.4 Å². The lowest BCUT2D eigenvalue weighted by Crippen LogP contribution is -2.24. The molecule has 2 aromatic rings. The van der Waals surface area contributed by atoms with Crippen molar-refractivity contribution in [3.8, 4) is 0 Å². The van der Waals surface area contributed by atoms with Gasteiger partial charge < -0.3 is 5.32 Å². The van der Waals surface area contributed by atoms with Crippen LogP contribution in [0.2, 0.25) is 0 Å². The van der Waals surface area contributed by atoms with Gasteiger partial charge in [-0.15, -0.1) is 11.3 Å². The maximum Gasteiger partial charge on any atom is 0.252 e. The van der Waals surface area contributed by atoms with Crippen molar-refractivity contribution in [2.45, 2.75) is 27.3 Å². The van der Waals surface area contributed by atoms with E-state index in [1.54, 1.807) is 11.3 Å². The average molecular weight is 338 g/mol. The Morgan fingerprint density at radius 1 is 1.21 bits per heavy atom. The lowest BCUT2D eigenvalue weighted by Gasteiger charge is -2.11. The molecule has 2 nitrogen and oxygen atoms in total. The molecule has 4 heteroatoms. The number of nitrogens with one attached hydrogen (secondary N) is 1. The molecule has 100 valence electrons. The Morgan fingerprint density at radius 3 is 2.37 bits per heavy atom. The normalized spacial score (nSPS) is 10.5. The van der Waals surface area contributed by atoms with Gasteiger partial charge in [-0.25, -0.2) is 0 Å². The van der Waals surface area contributed by atoms with Crippen molar-refractivity contribution in [3.63, 3.8) is 0 Å². The van der Waals surface area contributed by atoms with Crippen LogP contribution < -0.4 is 5.32 Å². The van der Waals surface area contributed by atoms with Crippen LogP contribution in [-0.2, 0) is 6.54 Å². The quantitative estimate of drug-likeness (QED) is 0.885. The number of aryl methyl sites for hydroxylation is 3. The Balaban J connectivity index is 2.12. The van der Waals surface area contributed by atoms with Crippen LogP contribution in [0.1, 0.15) is 31.9 Å². The second kappa shape index (κ2) is 5.88. The zero-order valence-corrected chi connectivity index (χ0v) is 13.6. The highest BCUT2D eigenvalue weighted by Crippen LogP contribution is 2.20. The van der Waals surface area contributed by atoms with Gasteiger partial charge in [-0.3, -0.25) is 4.79 Å². The van der Waals surface area contributed by atoms with Crippen molar-refractivity contribution < 1.29 is 4.79 Å². The lowest BCUT2D eigenvalue weighted by atomic mass is 9.99. The first kappa shape index (κ1) is 14.3. The predicted octanol–water partition coefficient (Wildman–Crippen LogP) is 4.37. The fourth-order valence-electron chi connectivity index (χ4n) is 2.24. The molecule has 0 saturated heterocycles. The van der Waals surface area contributed by atoms with Gasteiger partial charge in [-0.2, -0.15) is 0 Å². The molecule has 0 fully saturated rings. The van der Waals surface area contributed by atoms with Crippen molar-refractivity contribution in [2.24, 2.45) is 0 Å². The number of thiophene rings is 1. The molecule has 0 aliphatic carbocycles. The van der Waals surface area contributed by atoms with Gasteiger partial charge in [-0.05, 0) is 53.9 Å². The summed E-state index contributed by atoms with van der Waals surface area (Å²) in [5.41, 5.74) is 4.04. The molecular formula is C15H16BrNOS. The van der Waals surface area contributed by atoms with E-state index in [0.29, 0.717) is 6.54 Å². The van der Waals surface area contributed by atoms with E-state index < -0.39 is 0 Å². The molecule has 19 heavy (non-hydrogen) atoms. The molecule has 1 heterocycles. The first-order valence-electron chi connectivity index (χ1n) is 6.06. The molecule has 0 unspecified atom stereocenters. The molecular weight excluding hydrogens is 322 g/mol. The zero-order valence-electron chi connectivity index (χ0n) is 11.2. The Bertz CT molecular complexity index is 595.